The molecule has 0 amide bonds. The SMILES string of the molecule is Cc1cc(-n2c(C3CCOCC3)c(CC(F)(F)C(=O)O)c3nc4[nH]ncc4cc32)ccc1F. The highest BCUT2D eigenvalue weighted by atomic mass is 19.3. The highest BCUT2D eigenvalue weighted by Gasteiger charge is 2.42. The van der Waals surface area contributed by atoms with E-state index in [1.54, 1.807) is 31.3 Å². The van der Waals surface area contributed by atoms with Crippen LogP contribution in [0.2, 0.25) is 0 Å². The van der Waals surface area contributed by atoms with E-state index < -0.39 is 18.3 Å². The fraction of sp³-hybridized carbons (Fsp3) is 0.348. The quantitative estimate of drug-likeness (QED) is 0.459. The minimum Gasteiger partial charge on any atom is -0.477 e. The number of alkyl halides is 2. The summed E-state index contributed by atoms with van der Waals surface area (Å²) in [7, 11) is 0. The van der Waals surface area contributed by atoms with Gasteiger partial charge in [-0.1, -0.05) is 0 Å². The van der Waals surface area contributed by atoms with Gasteiger partial charge in [-0.05, 0) is 49.6 Å². The zero-order valence-electron chi connectivity index (χ0n) is 17.7. The van der Waals surface area contributed by atoms with Crippen LogP contribution < -0.4 is 0 Å². The summed E-state index contributed by atoms with van der Waals surface area (Å²) in [6, 6.07) is 6.35. The normalized spacial score (nSPS) is 15.5. The maximum absolute atomic E-state index is 14.6. The summed E-state index contributed by atoms with van der Waals surface area (Å²) >= 11 is 0. The summed E-state index contributed by atoms with van der Waals surface area (Å²) in [5, 5.41) is 16.5. The molecule has 2 N–H and O–H groups in total. The van der Waals surface area contributed by atoms with E-state index >= 15 is 0 Å². The minimum atomic E-state index is -3.98. The Hall–Kier alpha value is -3.40. The molecule has 1 saturated heterocycles. The van der Waals surface area contributed by atoms with Gasteiger partial charge in [-0.3, -0.25) is 5.10 Å². The smallest absolute Gasteiger partial charge is 0.374 e. The summed E-state index contributed by atoms with van der Waals surface area (Å²) in [6.45, 7) is 2.55. The van der Waals surface area contributed by atoms with Crippen molar-refractivity contribution in [1.29, 1.82) is 0 Å². The molecule has 1 aliphatic heterocycles. The molecule has 33 heavy (non-hydrogen) atoms. The topological polar surface area (TPSA) is 93.0 Å². The van der Waals surface area contributed by atoms with Crippen LogP contribution >= 0.6 is 0 Å². The van der Waals surface area contributed by atoms with Gasteiger partial charge in [-0.2, -0.15) is 13.9 Å². The molecule has 7 nitrogen and oxygen atoms in total. The predicted molar refractivity (Wildman–Crippen MR) is 114 cm³/mol. The van der Waals surface area contributed by atoms with Crippen LogP contribution in [0.1, 0.15) is 35.6 Å². The molecule has 5 rings (SSSR count). The van der Waals surface area contributed by atoms with Crippen LogP contribution in [0.25, 0.3) is 27.8 Å². The number of rotatable bonds is 5. The molecule has 0 unspecified atom stereocenters. The number of ether oxygens (including phenoxy) is 1. The van der Waals surface area contributed by atoms with Crippen molar-refractivity contribution < 1.29 is 27.8 Å². The standard InChI is InChI=1S/C23H21F3N4O3/c1-12-8-15(2-3-17(12)24)30-18-9-14-11-27-29-21(14)28-19(18)16(10-23(25,26)22(31)32)20(30)13-4-6-33-7-5-13/h2-3,8-9,11,13H,4-7,10H2,1H3,(H,31,32)(H,27,28,29). The number of carboxylic acids is 1. The van der Waals surface area contributed by atoms with Crippen LogP contribution in [0, 0.1) is 12.7 Å². The van der Waals surface area contributed by atoms with Crippen molar-refractivity contribution in [3.63, 3.8) is 0 Å². The molecule has 0 aliphatic carbocycles. The molecule has 3 aromatic heterocycles. The first-order chi connectivity index (χ1) is 15.8. The second kappa shape index (κ2) is 7.87. The zero-order valence-corrected chi connectivity index (χ0v) is 17.7. The summed E-state index contributed by atoms with van der Waals surface area (Å²) in [6.07, 6.45) is 1.74. The van der Waals surface area contributed by atoms with Crippen molar-refractivity contribution in [3.8, 4) is 5.69 Å². The molecular formula is C23H21F3N4O3. The van der Waals surface area contributed by atoms with Crippen LogP contribution in [0.3, 0.4) is 0 Å². The summed E-state index contributed by atoms with van der Waals surface area (Å²) in [5.41, 5.74) is 2.95. The lowest BCUT2D eigenvalue weighted by Crippen LogP contribution is -2.31. The lowest BCUT2D eigenvalue weighted by atomic mass is 9.91. The Bertz CT molecular complexity index is 1370. The second-order valence-corrected chi connectivity index (χ2v) is 8.37. The molecule has 0 saturated carbocycles. The molecule has 0 spiro atoms. The predicted octanol–water partition coefficient (Wildman–Crippen LogP) is 4.51. The van der Waals surface area contributed by atoms with Gasteiger partial charge in [0.25, 0.3) is 0 Å². The number of nitrogens with one attached hydrogen (secondary N) is 1. The Labute approximate surface area is 186 Å². The van der Waals surface area contributed by atoms with E-state index in [4.69, 9.17) is 9.84 Å². The number of aryl methyl sites for hydroxylation is 1. The van der Waals surface area contributed by atoms with Crippen molar-refractivity contribution in [2.45, 2.75) is 38.0 Å². The first-order valence-corrected chi connectivity index (χ1v) is 10.6. The van der Waals surface area contributed by atoms with Gasteiger partial charge in [-0.25, -0.2) is 14.2 Å². The van der Waals surface area contributed by atoms with Crippen molar-refractivity contribution in [2.75, 3.05) is 13.2 Å². The van der Waals surface area contributed by atoms with Gasteiger partial charge in [0.15, 0.2) is 5.65 Å². The number of H-pyrrole nitrogens is 1. The van der Waals surface area contributed by atoms with Gasteiger partial charge in [0.1, 0.15) is 5.82 Å². The number of halogens is 3. The fourth-order valence-electron chi connectivity index (χ4n) is 4.57. The van der Waals surface area contributed by atoms with Crippen LogP contribution in [0.5, 0.6) is 0 Å². The lowest BCUT2D eigenvalue weighted by molar-refractivity contribution is -0.164. The third kappa shape index (κ3) is 3.64. The average Bonchev–Trinajstić information content (AvgIpc) is 3.36. The summed E-state index contributed by atoms with van der Waals surface area (Å²) in [4.78, 5) is 15.9. The van der Waals surface area contributed by atoms with Crippen LogP contribution in [-0.4, -0.2) is 50.0 Å². The first kappa shape index (κ1) is 21.4. The maximum Gasteiger partial charge on any atom is 0.374 e. The molecule has 0 radical (unpaired) electrons. The summed E-state index contributed by atoms with van der Waals surface area (Å²) < 4.78 is 50.5. The number of aromatic nitrogens is 4. The van der Waals surface area contributed by atoms with E-state index in [1.165, 1.54) is 6.07 Å². The van der Waals surface area contributed by atoms with Crippen molar-refractivity contribution in [2.24, 2.45) is 0 Å². The maximum atomic E-state index is 14.6. The Balaban J connectivity index is 1.87. The number of hydrogen-bond donors (Lipinski definition) is 2. The Kier molecular flexibility index (Phi) is 5.12. The molecule has 172 valence electrons. The number of nitrogens with zero attached hydrogens (tertiary/aromatic N) is 3. The van der Waals surface area contributed by atoms with Crippen molar-refractivity contribution >= 4 is 28.0 Å². The Morgan fingerprint density at radius 2 is 2.06 bits per heavy atom. The van der Waals surface area contributed by atoms with E-state index in [9.17, 15) is 18.0 Å². The summed E-state index contributed by atoms with van der Waals surface area (Å²) in [5.74, 6) is -6.71. The Morgan fingerprint density at radius 3 is 2.76 bits per heavy atom. The second-order valence-electron chi connectivity index (χ2n) is 8.37. The van der Waals surface area contributed by atoms with Gasteiger partial charge in [0.2, 0.25) is 0 Å². The van der Waals surface area contributed by atoms with Gasteiger partial charge < -0.3 is 14.4 Å². The largest absolute Gasteiger partial charge is 0.477 e. The number of fused-ring (bicyclic) bond motifs is 2. The number of carbonyl (C=O) groups is 1. The molecule has 1 aliphatic rings. The monoisotopic (exact) mass is 458 g/mol. The highest BCUT2D eigenvalue weighted by Crippen LogP contribution is 2.41. The van der Waals surface area contributed by atoms with Gasteiger partial charge in [0, 0.05) is 41.5 Å². The molecule has 0 atom stereocenters. The number of aliphatic carboxylic acids is 1. The van der Waals surface area contributed by atoms with E-state index in [2.05, 4.69) is 15.2 Å². The molecule has 1 fully saturated rings. The third-order valence-corrected chi connectivity index (χ3v) is 6.20. The number of aromatic amines is 1. The number of pyridine rings is 1. The first-order valence-electron chi connectivity index (χ1n) is 10.6. The van der Waals surface area contributed by atoms with Crippen LogP contribution in [0.4, 0.5) is 13.2 Å². The van der Waals surface area contributed by atoms with E-state index in [-0.39, 0.29) is 22.8 Å². The number of carboxylic acid groups (broad SMARTS) is 1. The van der Waals surface area contributed by atoms with Gasteiger partial charge in [-0.15, -0.1) is 0 Å². The molecule has 0 bridgehead atoms. The van der Waals surface area contributed by atoms with E-state index in [0.717, 1.165) is 0 Å². The molecule has 4 heterocycles. The number of hydrogen-bond acceptors (Lipinski definition) is 4. The fourth-order valence-corrected chi connectivity index (χ4v) is 4.57. The molecule has 4 aromatic rings. The number of benzene rings is 1. The van der Waals surface area contributed by atoms with Crippen molar-refractivity contribution in [1.82, 2.24) is 19.7 Å². The van der Waals surface area contributed by atoms with E-state index in [0.29, 0.717) is 59.6 Å². The van der Waals surface area contributed by atoms with Crippen molar-refractivity contribution in [3.05, 3.63) is 53.1 Å². The molecule has 10 heteroatoms. The Morgan fingerprint density at radius 1 is 1.30 bits per heavy atom. The third-order valence-electron chi connectivity index (χ3n) is 6.20. The average molecular weight is 458 g/mol. The zero-order chi connectivity index (χ0) is 23.3. The van der Waals surface area contributed by atoms with E-state index in [1.807, 2.05) is 4.57 Å². The van der Waals surface area contributed by atoms with Crippen LogP contribution in [-0.2, 0) is 16.0 Å². The van der Waals surface area contributed by atoms with Gasteiger partial charge in [0.05, 0.1) is 23.7 Å². The highest BCUT2D eigenvalue weighted by molar-refractivity contribution is 5.94. The van der Waals surface area contributed by atoms with Gasteiger partial charge >= 0.3 is 11.9 Å². The molecule has 1 aromatic carbocycles. The minimum absolute atomic E-state index is 0.158. The van der Waals surface area contributed by atoms with Crippen LogP contribution in [0.15, 0.2) is 30.5 Å². The lowest BCUT2D eigenvalue weighted by Gasteiger charge is -2.26. The molecular weight excluding hydrogens is 437 g/mol.